The van der Waals surface area contributed by atoms with Crippen LogP contribution in [0.25, 0.3) is 0 Å². The number of aliphatic hydroxyl groups excluding tert-OH is 1. The molecule has 0 saturated heterocycles. The molecule has 1 heterocycles. The van der Waals surface area contributed by atoms with Crippen molar-refractivity contribution in [3.63, 3.8) is 0 Å². The SMILES string of the molecule is CC(C)(C)OC(=O)N1c2ccccc2CC1CO. The van der Waals surface area contributed by atoms with E-state index < -0.39 is 11.7 Å². The quantitative estimate of drug-likeness (QED) is 0.831. The number of carbonyl (C=O) groups is 1. The van der Waals surface area contributed by atoms with Gasteiger partial charge in [-0.2, -0.15) is 0 Å². The number of amides is 1. The van der Waals surface area contributed by atoms with Gasteiger partial charge in [-0.3, -0.25) is 4.90 Å². The fraction of sp³-hybridized carbons (Fsp3) is 0.500. The molecular formula is C14H19NO3. The number of benzene rings is 1. The van der Waals surface area contributed by atoms with Gasteiger partial charge in [0.25, 0.3) is 0 Å². The Labute approximate surface area is 107 Å². The molecule has 0 bridgehead atoms. The van der Waals surface area contributed by atoms with Gasteiger partial charge in [0.05, 0.1) is 18.3 Å². The molecule has 1 aromatic rings. The molecule has 1 amide bonds. The van der Waals surface area contributed by atoms with Crippen LogP contribution in [0.3, 0.4) is 0 Å². The first-order chi connectivity index (χ1) is 8.42. The van der Waals surface area contributed by atoms with Crippen molar-refractivity contribution in [2.45, 2.75) is 38.8 Å². The number of hydrogen-bond acceptors (Lipinski definition) is 3. The van der Waals surface area contributed by atoms with Crippen molar-refractivity contribution >= 4 is 11.8 Å². The second-order valence-electron chi connectivity index (χ2n) is 5.52. The van der Waals surface area contributed by atoms with Gasteiger partial charge in [-0.05, 0) is 38.8 Å². The highest BCUT2D eigenvalue weighted by atomic mass is 16.6. The van der Waals surface area contributed by atoms with Crippen LogP contribution < -0.4 is 4.90 Å². The molecule has 0 aliphatic carbocycles. The fourth-order valence-electron chi connectivity index (χ4n) is 2.17. The molecule has 1 aliphatic heterocycles. The van der Waals surface area contributed by atoms with Gasteiger partial charge >= 0.3 is 6.09 Å². The van der Waals surface area contributed by atoms with E-state index in [1.54, 1.807) is 4.90 Å². The van der Waals surface area contributed by atoms with Crippen LogP contribution >= 0.6 is 0 Å². The topological polar surface area (TPSA) is 49.8 Å². The largest absolute Gasteiger partial charge is 0.443 e. The van der Waals surface area contributed by atoms with Crippen LogP contribution in [0.4, 0.5) is 10.5 Å². The lowest BCUT2D eigenvalue weighted by atomic mass is 10.1. The number of ether oxygens (including phenoxy) is 1. The van der Waals surface area contributed by atoms with Crippen molar-refractivity contribution in [1.82, 2.24) is 0 Å². The maximum atomic E-state index is 12.2. The second-order valence-corrected chi connectivity index (χ2v) is 5.52. The van der Waals surface area contributed by atoms with Gasteiger partial charge in [-0.25, -0.2) is 4.79 Å². The van der Waals surface area contributed by atoms with Gasteiger partial charge in [0.15, 0.2) is 0 Å². The van der Waals surface area contributed by atoms with E-state index in [4.69, 9.17) is 4.74 Å². The highest BCUT2D eigenvalue weighted by molar-refractivity contribution is 5.91. The highest BCUT2D eigenvalue weighted by Gasteiger charge is 2.35. The Bertz CT molecular complexity index is 451. The summed E-state index contributed by atoms with van der Waals surface area (Å²) in [5.41, 5.74) is 1.38. The summed E-state index contributed by atoms with van der Waals surface area (Å²) in [6.07, 6.45) is 0.276. The molecule has 98 valence electrons. The molecule has 0 spiro atoms. The van der Waals surface area contributed by atoms with Crippen LogP contribution in [0, 0.1) is 0 Å². The minimum absolute atomic E-state index is 0.0616. The first-order valence-corrected chi connectivity index (χ1v) is 6.13. The molecular weight excluding hydrogens is 230 g/mol. The lowest BCUT2D eigenvalue weighted by molar-refractivity contribution is 0.0557. The summed E-state index contributed by atoms with van der Waals surface area (Å²) < 4.78 is 5.39. The summed E-state index contributed by atoms with van der Waals surface area (Å²) >= 11 is 0. The minimum atomic E-state index is -0.533. The molecule has 2 rings (SSSR count). The van der Waals surface area contributed by atoms with E-state index in [0.717, 1.165) is 11.3 Å². The minimum Gasteiger partial charge on any atom is -0.443 e. The van der Waals surface area contributed by atoms with E-state index in [1.165, 1.54) is 0 Å². The van der Waals surface area contributed by atoms with Crippen LogP contribution in [-0.2, 0) is 11.2 Å². The molecule has 0 saturated carbocycles. The van der Waals surface area contributed by atoms with Crippen molar-refractivity contribution in [3.05, 3.63) is 29.8 Å². The van der Waals surface area contributed by atoms with Crippen molar-refractivity contribution in [2.24, 2.45) is 0 Å². The van der Waals surface area contributed by atoms with Gasteiger partial charge in [0, 0.05) is 0 Å². The van der Waals surface area contributed by atoms with Crippen LogP contribution in [0.15, 0.2) is 24.3 Å². The number of fused-ring (bicyclic) bond motifs is 1. The zero-order chi connectivity index (χ0) is 13.3. The van der Waals surface area contributed by atoms with Crippen LogP contribution in [0.1, 0.15) is 26.3 Å². The molecule has 1 unspecified atom stereocenters. The predicted molar refractivity (Wildman–Crippen MR) is 69.7 cm³/mol. The summed E-state index contributed by atoms with van der Waals surface area (Å²) in [7, 11) is 0. The van der Waals surface area contributed by atoms with Gasteiger partial charge in [0.2, 0.25) is 0 Å². The first kappa shape index (κ1) is 12.9. The number of anilines is 1. The van der Waals surface area contributed by atoms with Crippen molar-refractivity contribution < 1.29 is 14.6 Å². The lowest BCUT2D eigenvalue weighted by Gasteiger charge is -2.28. The van der Waals surface area contributed by atoms with Gasteiger partial charge < -0.3 is 9.84 Å². The standard InChI is InChI=1S/C14H19NO3/c1-14(2,3)18-13(17)15-11(9-16)8-10-6-4-5-7-12(10)15/h4-7,11,16H,8-9H2,1-3H3. The predicted octanol–water partition coefficient (Wildman–Crippen LogP) is 2.35. The molecule has 1 aliphatic rings. The Morgan fingerprint density at radius 2 is 2.11 bits per heavy atom. The third-order valence-corrected chi connectivity index (χ3v) is 2.87. The fourth-order valence-corrected chi connectivity index (χ4v) is 2.17. The zero-order valence-corrected chi connectivity index (χ0v) is 11.0. The number of aliphatic hydroxyl groups is 1. The summed E-state index contributed by atoms with van der Waals surface area (Å²) in [5, 5.41) is 9.41. The Balaban J connectivity index is 2.27. The molecule has 0 aromatic heterocycles. The number of nitrogens with zero attached hydrogens (tertiary/aromatic N) is 1. The van der Waals surface area contributed by atoms with E-state index in [2.05, 4.69) is 0 Å². The molecule has 1 atom stereocenters. The summed E-state index contributed by atoms with van der Waals surface area (Å²) in [6.45, 7) is 5.44. The Morgan fingerprint density at radius 1 is 1.44 bits per heavy atom. The van der Waals surface area contributed by atoms with E-state index in [-0.39, 0.29) is 12.6 Å². The zero-order valence-electron chi connectivity index (χ0n) is 11.0. The van der Waals surface area contributed by atoms with Gasteiger partial charge in [-0.15, -0.1) is 0 Å². The monoisotopic (exact) mass is 249 g/mol. The highest BCUT2D eigenvalue weighted by Crippen LogP contribution is 2.33. The van der Waals surface area contributed by atoms with Crippen LogP contribution in [0.2, 0.25) is 0 Å². The Morgan fingerprint density at radius 3 is 2.72 bits per heavy atom. The van der Waals surface area contributed by atoms with Crippen molar-refractivity contribution in [3.8, 4) is 0 Å². The average Bonchev–Trinajstić information content (AvgIpc) is 2.64. The number of hydrogen-bond donors (Lipinski definition) is 1. The maximum Gasteiger partial charge on any atom is 0.415 e. The van der Waals surface area contributed by atoms with E-state index in [1.807, 2.05) is 45.0 Å². The molecule has 1 N–H and O–H groups in total. The number of rotatable bonds is 1. The second kappa shape index (κ2) is 4.61. The third kappa shape index (κ3) is 2.48. The average molecular weight is 249 g/mol. The molecule has 0 fully saturated rings. The van der Waals surface area contributed by atoms with Gasteiger partial charge in [-0.1, -0.05) is 18.2 Å². The van der Waals surface area contributed by atoms with Crippen molar-refractivity contribution in [1.29, 1.82) is 0 Å². The first-order valence-electron chi connectivity index (χ1n) is 6.13. The van der Waals surface area contributed by atoms with Gasteiger partial charge in [0.1, 0.15) is 5.60 Å². The Hall–Kier alpha value is -1.55. The Kier molecular flexibility index (Phi) is 3.30. The summed E-state index contributed by atoms with van der Waals surface area (Å²) in [5.74, 6) is 0. The van der Waals surface area contributed by atoms with E-state index >= 15 is 0 Å². The molecule has 18 heavy (non-hydrogen) atoms. The molecule has 4 nitrogen and oxygen atoms in total. The third-order valence-electron chi connectivity index (χ3n) is 2.87. The summed E-state index contributed by atoms with van der Waals surface area (Å²) in [4.78, 5) is 13.7. The summed E-state index contributed by atoms with van der Waals surface area (Å²) in [6, 6.07) is 7.45. The normalized spacial score (nSPS) is 18.7. The van der Waals surface area contributed by atoms with Crippen molar-refractivity contribution in [2.75, 3.05) is 11.5 Å². The number of carbonyl (C=O) groups excluding carboxylic acids is 1. The van der Waals surface area contributed by atoms with Crippen LogP contribution in [0.5, 0.6) is 0 Å². The van der Waals surface area contributed by atoms with E-state index in [9.17, 15) is 9.90 Å². The maximum absolute atomic E-state index is 12.2. The molecule has 4 heteroatoms. The smallest absolute Gasteiger partial charge is 0.415 e. The molecule has 1 aromatic carbocycles. The van der Waals surface area contributed by atoms with Crippen LogP contribution in [-0.4, -0.2) is 29.4 Å². The lowest BCUT2D eigenvalue weighted by Crippen LogP contribution is -2.43. The number of para-hydroxylation sites is 1. The molecule has 0 radical (unpaired) electrons. The van der Waals surface area contributed by atoms with E-state index in [0.29, 0.717) is 6.42 Å².